The standard InChI is InChI=1S/C31H43NO3SSi/c1-20(2)37(21(3)4,22(5)6)35-28-18-27(25-12-10-9-11-13-25)31-19-29(31)32(24(8)30(28)31)36(33,34)26-16-14-23(7)15-17-26/h9-18,20-22,24,27,29-30H,19H2,1-8H3/t24-,27-,29+,30+,31+/m1/s1. The van der Waals surface area contributed by atoms with Gasteiger partial charge < -0.3 is 4.43 Å². The molecule has 0 unspecified atom stereocenters. The van der Waals surface area contributed by atoms with Gasteiger partial charge in [-0.3, -0.25) is 0 Å². The van der Waals surface area contributed by atoms with E-state index in [1.807, 2.05) is 23.4 Å². The van der Waals surface area contributed by atoms with E-state index >= 15 is 0 Å². The summed E-state index contributed by atoms with van der Waals surface area (Å²) in [6.45, 7) is 18.0. The van der Waals surface area contributed by atoms with Crippen LogP contribution in [0.5, 0.6) is 0 Å². The van der Waals surface area contributed by atoms with E-state index in [9.17, 15) is 8.42 Å². The van der Waals surface area contributed by atoms with E-state index in [1.54, 1.807) is 12.1 Å². The molecule has 5 rings (SSSR count). The van der Waals surface area contributed by atoms with E-state index < -0.39 is 18.3 Å². The summed E-state index contributed by atoms with van der Waals surface area (Å²) in [5.74, 6) is 1.30. The summed E-state index contributed by atoms with van der Waals surface area (Å²) in [4.78, 5) is 0.393. The first kappa shape index (κ1) is 26.7. The Bertz CT molecular complexity index is 1260. The van der Waals surface area contributed by atoms with Crippen LogP contribution in [0.15, 0.2) is 71.3 Å². The second-order valence-electron chi connectivity index (χ2n) is 12.6. The summed E-state index contributed by atoms with van der Waals surface area (Å²) in [6.07, 6.45) is 3.27. The monoisotopic (exact) mass is 537 g/mol. The number of hydrogen-bond acceptors (Lipinski definition) is 3. The van der Waals surface area contributed by atoms with Crippen LogP contribution in [0.4, 0.5) is 0 Å². The molecule has 4 nitrogen and oxygen atoms in total. The van der Waals surface area contributed by atoms with Crippen LogP contribution < -0.4 is 0 Å². The lowest BCUT2D eigenvalue weighted by molar-refractivity contribution is 0.234. The van der Waals surface area contributed by atoms with E-state index in [2.05, 4.69) is 84.9 Å². The van der Waals surface area contributed by atoms with Gasteiger partial charge in [-0.2, -0.15) is 4.31 Å². The number of benzene rings is 2. The number of piperidine rings is 1. The van der Waals surface area contributed by atoms with Crippen LogP contribution in [0.25, 0.3) is 0 Å². The predicted molar refractivity (Wildman–Crippen MR) is 153 cm³/mol. The molecule has 37 heavy (non-hydrogen) atoms. The fourth-order valence-corrected chi connectivity index (χ4v) is 15.4. The van der Waals surface area contributed by atoms with Gasteiger partial charge in [-0.25, -0.2) is 8.42 Å². The van der Waals surface area contributed by atoms with Crippen molar-refractivity contribution in [2.24, 2.45) is 11.3 Å². The zero-order valence-electron chi connectivity index (χ0n) is 23.6. The first-order chi connectivity index (χ1) is 17.4. The summed E-state index contributed by atoms with van der Waals surface area (Å²) in [7, 11) is -5.82. The molecule has 3 aliphatic rings. The molecule has 0 amide bonds. The fourth-order valence-electron chi connectivity index (χ4n) is 8.21. The molecule has 1 spiro atoms. The van der Waals surface area contributed by atoms with Crippen molar-refractivity contribution in [3.05, 3.63) is 77.6 Å². The van der Waals surface area contributed by atoms with Gasteiger partial charge >= 0.3 is 0 Å². The molecular weight excluding hydrogens is 494 g/mol. The number of allylic oxidation sites excluding steroid dienone is 1. The molecule has 0 aromatic heterocycles. The minimum Gasteiger partial charge on any atom is -0.546 e. The Hall–Kier alpha value is -1.89. The van der Waals surface area contributed by atoms with E-state index in [4.69, 9.17) is 4.43 Å². The van der Waals surface area contributed by atoms with Gasteiger partial charge in [-0.15, -0.1) is 0 Å². The Morgan fingerprint density at radius 1 is 0.919 bits per heavy atom. The molecule has 5 atom stereocenters. The second kappa shape index (κ2) is 9.10. The highest BCUT2D eigenvalue weighted by Crippen LogP contribution is 2.75. The van der Waals surface area contributed by atoms with Crippen molar-refractivity contribution in [1.82, 2.24) is 4.31 Å². The van der Waals surface area contributed by atoms with Crippen LogP contribution in [-0.2, 0) is 14.4 Å². The highest BCUT2D eigenvalue weighted by atomic mass is 32.2. The highest BCUT2D eigenvalue weighted by Gasteiger charge is 2.77. The SMILES string of the molecule is Cc1ccc(S(=O)(=O)N2[C@H](C)[C@H]3C(O[Si](C(C)C)(C(C)C)C(C)C)=C[C@H](c4ccccc4)[C@]34C[C@H]24)cc1. The Morgan fingerprint density at radius 3 is 2.03 bits per heavy atom. The lowest BCUT2D eigenvalue weighted by Gasteiger charge is -2.44. The number of hydrogen-bond donors (Lipinski definition) is 0. The number of nitrogens with zero attached hydrogens (tertiary/aromatic N) is 1. The Kier molecular flexibility index (Phi) is 6.57. The third-order valence-corrected chi connectivity index (χ3v) is 17.8. The number of aryl methyl sites for hydroxylation is 1. The van der Waals surface area contributed by atoms with Crippen molar-refractivity contribution < 1.29 is 12.8 Å². The van der Waals surface area contributed by atoms with E-state index in [0.717, 1.165) is 17.7 Å². The van der Waals surface area contributed by atoms with Crippen molar-refractivity contribution >= 4 is 18.3 Å². The maximum Gasteiger partial charge on any atom is 0.258 e. The molecule has 6 heteroatoms. The topological polar surface area (TPSA) is 46.6 Å². The summed E-state index contributed by atoms with van der Waals surface area (Å²) in [5.41, 5.74) is 3.58. The predicted octanol–water partition coefficient (Wildman–Crippen LogP) is 7.64. The second-order valence-corrected chi connectivity index (χ2v) is 19.8. The molecule has 200 valence electrons. The Morgan fingerprint density at radius 2 is 1.49 bits per heavy atom. The van der Waals surface area contributed by atoms with Crippen molar-refractivity contribution in [2.45, 2.75) is 101 Å². The molecule has 2 aromatic rings. The molecule has 1 saturated heterocycles. The van der Waals surface area contributed by atoms with Gasteiger partial charge in [0.1, 0.15) is 0 Å². The largest absolute Gasteiger partial charge is 0.546 e. The van der Waals surface area contributed by atoms with Crippen LogP contribution in [0, 0.1) is 18.3 Å². The fraction of sp³-hybridized carbons (Fsp3) is 0.548. The van der Waals surface area contributed by atoms with Crippen LogP contribution in [0.1, 0.15) is 71.9 Å². The lowest BCUT2D eigenvalue weighted by Crippen LogP contribution is -2.49. The van der Waals surface area contributed by atoms with Gasteiger partial charge in [0.25, 0.3) is 8.32 Å². The minimum absolute atomic E-state index is 0.00502. The quantitative estimate of drug-likeness (QED) is 0.325. The smallest absolute Gasteiger partial charge is 0.258 e. The number of rotatable bonds is 8. The van der Waals surface area contributed by atoms with E-state index in [0.29, 0.717) is 21.5 Å². The molecule has 1 heterocycles. The minimum atomic E-state index is -3.62. The average molecular weight is 538 g/mol. The van der Waals surface area contributed by atoms with Crippen molar-refractivity contribution in [3.63, 3.8) is 0 Å². The van der Waals surface area contributed by atoms with Crippen LogP contribution in [0.3, 0.4) is 0 Å². The van der Waals surface area contributed by atoms with Gasteiger partial charge in [0.2, 0.25) is 10.0 Å². The zero-order chi connectivity index (χ0) is 26.9. The van der Waals surface area contributed by atoms with Gasteiger partial charge in [0, 0.05) is 29.3 Å². The lowest BCUT2D eigenvalue weighted by atomic mass is 9.79. The Labute approximate surface area is 225 Å². The Balaban J connectivity index is 1.61. The van der Waals surface area contributed by atoms with Crippen molar-refractivity contribution in [3.8, 4) is 0 Å². The molecular formula is C31H43NO3SSi. The molecule has 0 bridgehead atoms. The first-order valence-electron chi connectivity index (χ1n) is 13.9. The van der Waals surface area contributed by atoms with Crippen LogP contribution in [0.2, 0.25) is 16.6 Å². The van der Waals surface area contributed by atoms with Gasteiger partial charge in [0.05, 0.1) is 10.7 Å². The molecule has 2 aliphatic carbocycles. The number of sulfonamides is 1. The first-order valence-corrected chi connectivity index (χ1v) is 17.5. The highest BCUT2D eigenvalue weighted by molar-refractivity contribution is 7.89. The van der Waals surface area contributed by atoms with Gasteiger partial charge in [-0.05, 0) is 60.7 Å². The third-order valence-electron chi connectivity index (χ3n) is 9.75. The van der Waals surface area contributed by atoms with Gasteiger partial charge in [-0.1, -0.05) is 89.6 Å². The summed E-state index contributed by atoms with van der Waals surface area (Å²) in [6, 6.07) is 17.8. The summed E-state index contributed by atoms with van der Waals surface area (Å²) in [5, 5.41) is 0. The summed E-state index contributed by atoms with van der Waals surface area (Å²) >= 11 is 0. The van der Waals surface area contributed by atoms with Crippen molar-refractivity contribution in [2.75, 3.05) is 0 Å². The molecule has 1 aliphatic heterocycles. The molecule has 2 fully saturated rings. The van der Waals surface area contributed by atoms with Gasteiger partial charge in [0.15, 0.2) is 0 Å². The van der Waals surface area contributed by atoms with Crippen LogP contribution in [-0.4, -0.2) is 33.1 Å². The van der Waals surface area contributed by atoms with Crippen molar-refractivity contribution in [1.29, 1.82) is 0 Å². The molecule has 1 saturated carbocycles. The average Bonchev–Trinajstić information content (AvgIpc) is 3.34. The van der Waals surface area contributed by atoms with E-state index in [1.165, 1.54) is 5.56 Å². The molecule has 2 aromatic carbocycles. The van der Waals surface area contributed by atoms with Crippen LogP contribution >= 0.6 is 0 Å². The maximum absolute atomic E-state index is 14.1. The maximum atomic E-state index is 14.1. The third kappa shape index (κ3) is 3.81. The molecule has 0 N–H and O–H groups in total. The van der Waals surface area contributed by atoms with E-state index in [-0.39, 0.29) is 29.3 Å². The molecule has 0 radical (unpaired) electrons. The summed E-state index contributed by atoms with van der Waals surface area (Å²) < 4.78 is 37.3. The normalized spacial score (nSPS) is 29.5. The zero-order valence-corrected chi connectivity index (χ0v) is 25.4.